The van der Waals surface area contributed by atoms with Gasteiger partial charge >= 0.3 is 0 Å². The lowest BCUT2D eigenvalue weighted by Gasteiger charge is -2.26. The molecule has 4 nitrogen and oxygen atoms in total. The van der Waals surface area contributed by atoms with Gasteiger partial charge in [-0.25, -0.2) is 0 Å². The first-order valence-corrected chi connectivity index (χ1v) is 6.36. The van der Waals surface area contributed by atoms with E-state index in [0.717, 1.165) is 24.9 Å². The highest BCUT2D eigenvalue weighted by Gasteiger charge is 2.36. The van der Waals surface area contributed by atoms with Gasteiger partial charge in [0.1, 0.15) is 5.75 Å². The van der Waals surface area contributed by atoms with Gasteiger partial charge in [-0.2, -0.15) is 0 Å². The van der Waals surface area contributed by atoms with Gasteiger partial charge < -0.3 is 15.7 Å². The normalized spacial score (nSPS) is 24.8. The highest BCUT2D eigenvalue weighted by Crippen LogP contribution is 2.22. The monoisotopic (exact) mass is 248 g/mol. The molecule has 2 atom stereocenters. The Morgan fingerprint density at radius 2 is 2.33 bits per heavy atom. The van der Waals surface area contributed by atoms with E-state index in [1.807, 2.05) is 19.9 Å². The smallest absolute Gasteiger partial charge is 0.240 e. The van der Waals surface area contributed by atoms with Crippen LogP contribution in [-0.2, 0) is 4.79 Å². The van der Waals surface area contributed by atoms with E-state index < -0.39 is 5.54 Å². The number of hydrogen-bond donors (Lipinski definition) is 3. The molecule has 0 spiro atoms. The number of amides is 1. The van der Waals surface area contributed by atoms with Crippen molar-refractivity contribution >= 4 is 5.91 Å². The molecule has 3 N–H and O–H groups in total. The Bertz CT molecular complexity index is 439. The van der Waals surface area contributed by atoms with Crippen LogP contribution in [0.1, 0.15) is 38.3 Å². The summed E-state index contributed by atoms with van der Waals surface area (Å²) in [6, 6.07) is 6.87. The van der Waals surface area contributed by atoms with Crippen LogP contribution in [0.5, 0.6) is 5.75 Å². The number of carbonyl (C=O) groups is 1. The quantitative estimate of drug-likeness (QED) is 0.763. The van der Waals surface area contributed by atoms with Crippen molar-refractivity contribution < 1.29 is 9.90 Å². The molecule has 1 fully saturated rings. The summed E-state index contributed by atoms with van der Waals surface area (Å²) in [6.07, 6.45) is 1.90. The van der Waals surface area contributed by atoms with Crippen molar-refractivity contribution in [1.29, 1.82) is 0 Å². The molecule has 1 aromatic carbocycles. The van der Waals surface area contributed by atoms with E-state index in [1.54, 1.807) is 18.2 Å². The van der Waals surface area contributed by atoms with Gasteiger partial charge in [0, 0.05) is 0 Å². The van der Waals surface area contributed by atoms with Gasteiger partial charge in [0.25, 0.3) is 0 Å². The van der Waals surface area contributed by atoms with Gasteiger partial charge in [-0.1, -0.05) is 12.1 Å². The van der Waals surface area contributed by atoms with Gasteiger partial charge in [0.15, 0.2) is 0 Å². The highest BCUT2D eigenvalue weighted by molar-refractivity contribution is 5.86. The first-order valence-electron chi connectivity index (χ1n) is 6.36. The molecule has 1 heterocycles. The van der Waals surface area contributed by atoms with E-state index in [-0.39, 0.29) is 17.7 Å². The number of nitrogens with one attached hydrogen (secondary N) is 2. The van der Waals surface area contributed by atoms with Crippen molar-refractivity contribution in [2.75, 3.05) is 6.54 Å². The van der Waals surface area contributed by atoms with Crippen LogP contribution in [0.4, 0.5) is 0 Å². The van der Waals surface area contributed by atoms with Crippen LogP contribution in [-0.4, -0.2) is 23.1 Å². The summed E-state index contributed by atoms with van der Waals surface area (Å²) in [5.41, 5.74) is 0.454. The topological polar surface area (TPSA) is 61.4 Å². The minimum absolute atomic E-state index is 0.0239. The maximum absolute atomic E-state index is 12.2. The van der Waals surface area contributed by atoms with Gasteiger partial charge in [0.05, 0.1) is 11.6 Å². The van der Waals surface area contributed by atoms with Crippen LogP contribution in [0.25, 0.3) is 0 Å². The van der Waals surface area contributed by atoms with Gasteiger partial charge in [-0.3, -0.25) is 4.79 Å². The fourth-order valence-electron chi connectivity index (χ4n) is 2.32. The Morgan fingerprint density at radius 1 is 1.56 bits per heavy atom. The molecule has 0 saturated carbocycles. The summed E-state index contributed by atoms with van der Waals surface area (Å²) < 4.78 is 0. The maximum Gasteiger partial charge on any atom is 0.240 e. The summed E-state index contributed by atoms with van der Waals surface area (Å²) >= 11 is 0. The number of rotatable bonds is 3. The number of phenols is 1. The zero-order valence-electron chi connectivity index (χ0n) is 10.9. The lowest BCUT2D eigenvalue weighted by molar-refractivity contribution is -0.127. The molecule has 0 aliphatic carbocycles. The molecule has 1 aliphatic rings. The van der Waals surface area contributed by atoms with Crippen molar-refractivity contribution in [3.8, 4) is 5.75 Å². The number of aromatic hydroxyl groups is 1. The first kappa shape index (κ1) is 12.9. The van der Waals surface area contributed by atoms with Gasteiger partial charge in [-0.15, -0.1) is 0 Å². The molecule has 18 heavy (non-hydrogen) atoms. The Kier molecular flexibility index (Phi) is 3.57. The second-order valence-corrected chi connectivity index (χ2v) is 5.15. The number of hydrogen-bond acceptors (Lipinski definition) is 3. The summed E-state index contributed by atoms with van der Waals surface area (Å²) in [4.78, 5) is 12.2. The lowest BCUT2D eigenvalue weighted by Crippen LogP contribution is -2.51. The average Bonchev–Trinajstić information content (AvgIpc) is 2.77. The van der Waals surface area contributed by atoms with Crippen molar-refractivity contribution in [1.82, 2.24) is 10.6 Å². The van der Waals surface area contributed by atoms with Crippen molar-refractivity contribution in [3.05, 3.63) is 29.8 Å². The summed E-state index contributed by atoms with van der Waals surface area (Å²) in [5, 5.41) is 15.7. The SMILES string of the molecule is CC(NC(=O)C1(C)CCCN1)c1cccc(O)c1. The van der Waals surface area contributed by atoms with E-state index in [2.05, 4.69) is 10.6 Å². The fraction of sp³-hybridized carbons (Fsp3) is 0.500. The van der Waals surface area contributed by atoms with E-state index in [9.17, 15) is 9.90 Å². The largest absolute Gasteiger partial charge is 0.508 e. The average molecular weight is 248 g/mol. The predicted octanol–water partition coefficient (Wildman–Crippen LogP) is 1.71. The molecular weight excluding hydrogens is 228 g/mol. The standard InChI is InChI=1S/C14H20N2O2/c1-10(11-5-3-6-12(17)9-11)16-13(18)14(2)7-4-8-15-14/h3,5-6,9-10,15,17H,4,7-8H2,1-2H3,(H,16,18). The van der Waals surface area contributed by atoms with Crippen molar-refractivity contribution in [2.45, 2.75) is 38.3 Å². The minimum Gasteiger partial charge on any atom is -0.508 e. The number of phenolic OH excluding ortho intramolecular Hbond substituents is 1. The summed E-state index contributed by atoms with van der Waals surface area (Å²) in [7, 11) is 0. The first-order chi connectivity index (χ1) is 8.51. The summed E-state index contributed by atoms with van der Waals surface area (Å²) in [6.45, 7) is 4.75. The second kappa shape index (κ2) is 4.98. The minimum atomic E-state index is -0.453. The Morgan fingerprint density at radius 3 is 2.94 bits per heavy atom. The Hall–Kier alpha value is -1.55. The molecule has 1 aromatic rings. The van der Waals surface area contributed by atoms with Crippen LogP contribution < -0.4 is 10.6 Å². The Labute approximate surface area is 107 Å². The van der Waals surface area contributed by atoms with Crippen LogP contribution >= 0.6 is 0 Å². The zero-order chi connectivity index (χ0) is 13.2. The number of carbonyl (C=O) groups excluding carboxylic acids is 1. The lowest BCUT2D eigenvalue weighted by atomic mass is 9.98. The molecular formula is C14H20N2O2. The van der Waals surface area contributed by atoms with Gasteiger partial charge in [0.2, 0.25) is 5.91 Å². The molecule has 0 bridgehead atoms. The van der Waals surface area contributed by atoms with E-state index >= 15 is 0 Å². The van der Waals surface area contributed by atoms with Crippen LogP contribution in [0, 0.1) is 0 Å². The Balaban J connectivity index is 2.03. The second-order valence-electron chi connectivity index (χ2n) is 5.15. The highest BCUT2D eigenvalue weighted by atomic mass is 16.3. The molecule has 2 unspecified atom stereocenters. The molecule has 1 amide bonds. The van der Waals surface area contributed by atoms with Crippen molar-refractivity contribution in [3.63, 3.8) is 0 Å². The van der Waals surface area contributed by atoms with E-state index in [4.69, 9.17) is 0 Å². The number of benzene rings is 1. The molecule has 98 valence electrons. The molecule has 1 saturated heterocycles. The fourth-order valence-corrected chi connectivity index (χ4v) is 2.32. The third kappa shape index (κ3) is 2.64. The zero-order valence-corrected chi connectivity index (χ0v) is 10.9. The van der Waals surface area contributed by atoms with Crippen molar-refractivity contribution in [2.24, 2.45) is 0 Å². The maximum atomic E-state index is 12.2. The van der Waals surface area contributed by atoms with Crippen LogP contribution in [0.15, 0.2) is 24.3 Å². The van der Waals surface area contributed by atoms with E-state index in [0.29, 0.717) is 0 Å². The third-order valence-corrected chi connectivity index (χ3v) is 3.59. The summed E-state index contributed by atoms with van der Waals surface area (Å²) in [5.74, 6) is 0.245. The van der Waals surface area contributed by atoms with E-state index in [1.165, 1.54) is 0 Å². The molecule has 0 aromatic heterocycles. The van der Waals surface area contributed by atoms with Crippen LogP contribution in [0.2, 0.25) is 0 Å². The molecule has 1 aliphatic heterocycles. The molecule has 0 radical (unpaired) electrons. The predicted molar refractivity (Wildman–Crippen MR) is 70.3 cm³/mol. The molecule has 2 rings (SSSR count). The van der Waals surface area contributed by atoms with Crippen LogP contribution in [0.3, 0.4) is 0 Å². The van der Waals surface area contributed by atoms with Gasteiger partial charge in [-0.05, 0) is 50.9 Å². The third-order valence-electron chi connectivity index (χ3n) is 3.59. The molecule has 4 heteroatoms.